The van der Waals surface area contributed by atoms with Crippen molar-refractivity contribution in [3.63, 3.8) is 0 Å². The van der Waals surface area contributed by atoms with Gasteiger partial charge in [-0.3, -0.25) is 4.79 Å². The summed E-state index contributed by atoms with van der Waals surface area (Å²) >= 11 is 1.52. The van der Waals surface area contributed by atoms with Gasteiger partial charge < -0.3 is 5.32 Å². The molecule has 1 heterocycles. The number of carbonyl (C=O) groups excluding carboxylic acids is 1. The normalized spacial score (nSPS) is 17.0. The highest BCUT2D eigenvalue weighted by atomic mass is 32.1. The third-order valence-corrected chi connectivity index (χ3v) is 4.19. The Kier molecular flexibility index (Phi) is 4.54. The molecule has 2 rings (SSSR count). The van der Waals surface area contributed by atoms with Crippen LogP contribution in [0, 0.1) is 12.8 Å². The summed E-state index contributed by atoms with van der Waals surface area (Å²) < 4.78 is 0. The maximum atomic E-state index is 11.7. The molecule has 4 heteroatoms. The van der Waals surface area contributed by atoms with E-state index in [1.807, 2.05) is 12.3 Å². The third kappa shape index (κ3) is 3.80. The largest absolute Gasteiger partial charge is 0.351 e. The van der Waals surface area contributed by atoms with Crippen LogP contribution in [-0.4, -0.2) is 17.4 Å². The van der Waals surface area contributed by atoms with E-state index in [1.165, 1.54) is 43.4 Å². The maximum Gasteiger partial charge on any atom is 0.270 e. The summed E-state index contributed by atoms with van der Waals surface area (Å²) in [6.07, 6.45) is 7.92. The SMILES string of the molecule is Cc1nc(C(=O)NCCC2CCCCC2)cs1. The molecule has 0 saturated heterocycles. The van der Waals surface area contributed by atoms with Crippen molar-refractivity contribution < 1.29 is 4.79 Å². The van der Waals surface area contributed by atoms with Gasteiger partial charge >= 0.3 is 0 Å². The number of aryl methyl sites for hydroxylation is 1. The van der Waals surface area contributed by atoms with E-state index in [0.717, 1.165) is 23.9 Å². The van der Waals surface area contributed by atoms with Gasteiger partial charge in [-0.1, -0.05) is 32.1 Å². The van der Waals surface area contributed by atoms with Crippen molar-refractivity contribution in [3.8, 4) is 0 Å². The quantitative estimate of drug-likeness (QED) is 0.894. The predicted molar refractivity (Wildman–Crippen MR) is 70.4 cm³/mol. The van der Waals surface area contributed by atoms with Crippen LogP contribution in [0.25, 0.3) is 0 Å². The number of thiazole rings is 1. The fourth-order valence-electron chi connectivity index (χ4n) is 2.42. The molecule has 1 aromatic heterocycles. The van der Waals surface area contributed by atoms with Gasteiger partial charge in [-0.25, -0.2) is 4.98 Å². The van der Waals surface area contributed by atoms with Gasteiger partial charge in [0.15, 0.2) is 0 Å². The smallest absolute Gasteiger partial charge is 0.270 e. The Morgan fingerprint density at radius 1 is 1.47 bits per heavy atom. The molecule has 1 aliphatic rings. The zero-order chi connectivity index (χ0) is 12.1. The molecule has 0 aliphatic heterocycles. The zero-order valence-corrected chi connectivity index (χ0v) is 11.2. The molecule has 0 spiro atoms. The first kappa shape index (κ1) is 12.6. The molecule has 1 fully saturated rings. The molecule has 1 aromatic rings. The average Bonchev–Trinajstić information content (AvgIpc) is 2.77. The fraction of sp³-hybridized carbons (Fsp3) is 0.692. The molecule has 0 atom stereocenters. The molecular formula is C13H20N2OS. The fourth-order valence-corrected chi connectivity index (χ4v) is 3.02. The molecule has 17 heavy (non-hydrogen) atoms. The highest BCUT2D eigenvalue weighted by Crippen LogP contribution is 2.25. The molecule has 0 radical (unpaired) electrons. The van der Waals surface area contributed by atoms with E-state index in [2.05, 4.69) is 10.3 Å². The first-order valence-electron chi connectivity index (χ1n) is 6.46. The lowest BCUT2D eigenvalue weighted by molar-refractivity contribution is 0.0946. The number of aromatic nitrogens is 1. The summed E-state index contributed by atoms with van der Waals surface area (Å²) in [6, 6.07) is 0. The van der Waals surface area contributed by atoms with Gasteiger partial charge in [0.2, 0.25) is 0 Å². The van der Waals surface area contributed by atoms with Crippen LogP contribution in [-0.2, 0) is 0 Å². The molecule has 94 valence electrons. The van der Waals surface area contributed by atoms with Crippen molar-refractivity contribution in [2.75, 3.05) is 6.54 Å². The van der Waals surface area contributed by atoms with Crippen LogP contribution >= 0.6 is 11.3 Å². The van der Waals surface area contributed by atoms with Gasteiger partial charge in [0.1, 0.15) is 5.69 Å². The maximum absolute atomic E-state index is 11.7. The van der Waals surface area contributed by atoms with Gasteiger partial charge in [0.25, 0.3) is 5.91 Å². The van der Waals surface area contributed by atoms with E-state index in [-0.39, 0.29) is 5.91 Å². The molecule has 3 nitrogen and oxygen atoms in total. The second-order valence-electron chi connectivity index (χ2n) is 4.80. The van der Waals surface area contributed by atoms with Crippen LogP contribution < -0.4 is 5.32 Å². The van der Waals surface area contributed by atoms with E-state index in [9.17, 15) is 4.79 Å². The molecule has 1 aliphatic carbocycles. The van der Waals surface area contributed by atoms with Crippen molar-refractivity contribution in [3.05, 3.63) is 16.1 Å². The minimum absolute atomic E-state index is 0.0230. The Balaban J connectivity index is 1.69. The summed E-state index contributed by atoms with van der Waals surface area (Å²) in [5, 5.41) is 5.74. The molecule has 0 unspecified atom stereocenters. The first-order chi connectivity index (χ1) is 8.25. The molecular weight excluding hydrogens is 232 g/mol. The zero-order valence-electron chi connectivity index (χ0n) is 10.4. The monoisotopic (exact) mass is 252 g/mol. The van der Waals surface area contributed by atoms with E-state index in [0.29, 0.717) is 5.69 Å². The second kappa shape index (κ2) is 6.15. The van der Waals surface area contributed by atoms with Crippen LogP contribution in [0.15, 0.2) is 5.38 Å². The van der Waals surface area contributed by atoms with Crippen LogP contribution in [0.2, 0.25) is 0 Å². The van der Waals surface area contributed by atoms with Crippen molar-refractivity contribution >= 4 is 17.2 Å². The summed E-state index contributed by atoms with van der Waals surface area (Å²) in [5.41, 5.74) is 0.566. The Hall–Kier alpha value is -0.900. The van der Waals surface area contributed by atoms with Crippen molar-refractivity contribution in [1.29, 1.82) is 0 Å². The van der Waals surface area contributed by atoms with E-state index < -0.39 is 0 Å². The number of hydrogen-bond acceptors (Lipinski definition) is 3. The van der Waals surface area contributed by atoms with Gasteiger partial charge in [0, 0.05) is 11.9 Å². The number of hydrogen-bond donors (Lipinski definition) is 1. The van der Waals surface area contributed by atoms with E-state index in [1.54, 1.807) is 0 Å². The van der Waals surface area contributed by atoms with Crippen LogP contribution in [0.3, 0.4) is 0 Å². The summed E-state index contributed by atoms with van der Waals surface area (Å²) in [7, 11) is 0. The Bertz CT molecular complexity index is 369. The van der Waals surface area contributed by atoms with Gasteiger partial charge in [-0.2, -0.15) is 0 Å². The number of rotatable bonds is 4. The van der Waals surface area contributed by atoms with Gasteiger partial charge in [0.05, 0.1) is 5.01 Å². The van der Waals surface area contributed by atoms with E-state index in [4.69, 9.17) is 0 Å². The lowest BCUT2D eigenvalue weighted by Gasteiger charge is -2.21. The number of amides is 1. The number of nitrogens with zero attached hydrogens (tertiary/aromatic N) is 1. The van der Waals surface area contributed by atoms with Crippen molar-refractivity contribution in [1.82, 2.24) is 10.3 Å². The summed E-state index contributed by atoms with van der Waals surface area (Å²) in [6.45, 7) is 2.71. The van der Waals surface area contributed by atoms with Gasteiger partial charge in [-0.05, 0) is 19.3 Å². The summed E-state index contributed by atoms with van der Waals surface area (Å²) in [4.78, 5) is 15.9. The number of nitrogens with one attached hydrogen (secondary N) is 1. The highest BCUT2D eigenvalue weighted by molar-refractivity contribution is 7.09. The second-order valence-corrected chi connectivity index (χ2v) is 5.86. The minimum atomic E-state index is -0.0230. The molecule has 0 aromatic carbocycles. The lowest BCUT2D eigenvalue weighted by Crippen LogP contribution is -2.26. The third-order valence-electron chi connectivity index (χ3n) is 3.41. The lowest BCUT2D eigenvalue weighted by atomic mass is 9.87. The Morgan fingerprint density at radius 2 is 2.24 bits per heavy atom. The van der Waals surface area contributed by atoms with Crippen LogP contribution in [0.1, 0.15) is 54.0 Å². The van der Waals surface area contributed by atoms with E-state index >= 15 is 0 Å². The van der Waals surface area contributed by atoms with Crippen LogP contribution in [0.4, 0.5) is 0 Å². The predicted octanol–water partition coefficient (Wildman–Crippen LogP) is 3.15. The number of carbonyl (C=O) groups is 1. The molecule has 1 amide bonds. The van der Waals surface area contributed by atoms with Crippen molar-refractivity contribution in [2.45, 2.75) is 45.4 Å². The first-order valence-corrected chi connectivity index (χ1v) is 7.34. The molecule has 1 N–H and O–H groups in total. The van der Waals surface area contributed by atoms with Crippen molar-refractivity contribution in [2.24, 2.45) is 5.92 Å². The average molecular weight is 252 g/mol. The Morgan fingerprint density at radius 3 is 2.88 bits per heavy atom. The molecule has 1 saturated carbocycles. The summed E-state index contributed by atoms with van der Waals surface area (Å²) in [5.74, 6) is 0.798. The standard InChI is InChI=1S/C13H20N2OS/c1-10-15-12(9-17-10)13(16)14-8-7-11-5-3-2-4-6-11/h9,11H,2-8H2,1H3,(H,14,16). The highest BCUT2D eigenvalue weighted by Gasteiger charge is 2.14. The Labute approximate surface area is 107 Å². The minimum Gasteiger partial charge on any atom is -0.351 e. The molecule has 0 bridgehead atoms. The van der Waals surface area contributed by atoms with Gasteiger partial charge in [-0.15, -0.1) is 11.3 Å². The van der Waals surface area contributed by atoms with Crippen LogP contribution in [0.5, 0.6) is 0 Å². The topological polar surface area (TPSA) is 42.0 Å².